The van der Waals surface area contributed by atoms with E-state index in [1.165, 1.54) is 40.8 Å². The summed E-state index contributed by atoms with van der Waals surface area (Å²) in [6.45, 7) is 1.86. The lowest BCUT2D eigenvalue weighted by molar-refractivity contribution is -0.384. The number of non-ortho nitro benzene ring substituents is 1. The molecule has 0 bridgehead atoms. The maximum absolute atomic E-state index is 12.3. The fourth-order valence-electron chi connectivity index (χ4n) is 3.56. The van der Waals surface area contributed by atoms with Gasteiger partial charge in [0.05, 0.1) is 10.6 Å². The second-order valence-corrected chi connectivity index (χ2v) is 6.55. The van der Waals surface area contributed by atoms with Crippen molar-refractivity contribution in [1.29, 1.82) is 0 Å². The highest BCUT2D eigenvalue weighted by Crippen LogP contribution is 2.32. The standard InChI is InChI=1S/C21H17N3O3/c1-13(22-23-21(25)16-7-10-17(11-8-16)24(26)27)18-12-9-15-6-5-14-3-2-4-19(18)20(14)15/h2-4,7-12H,5-6H2,1H3,(H,23,25)/b22-13-. The maximum Gasteiger partial charge on any atom is 0.271 e. The highest BCUT2D eigenvalue weighted by atomic mass is 16.6. The molecule has 1 aliphatic rings. The Kier molecular flexibility index (Phi) is 4.16. The zero-order valence-corrected chi connectivity index (χ0v) is 14.7. The topological polar surface area (TPSA) is 84.6 Å². The molecular weight excluding hydrogens is 342 g/mol. The molecule has 0 saturated heterocycles. The number of carbonyl (C=O) groups is 1. The van der Waals surface area contributed by atoms with Crippen molar-refractivity contribution in [2.45, 2.75) is 19.8 Å². The van der Waals surface area contributed by atoms with Gasteiger partial charge < -0.3 is 0 Å². The summed E-state index contributed by atoms with van der Waals surface area (Å²) in [7, 11) is 0. The number of nitrogens with zero attached hydrogens (tertiary/aromatic N) is 2. The van der Waals surface area contributed by atoms with Crippen molar-refractivity contribution in [1.82, 2.24) is 5.43 Å². The van der Waals surface area contributed by atoms with Gasteiger partial charge in [-0.3, -0.25) is 14.9 Å². The van der Waals surface area contributed by atoms with Crippen LogP contribution in [-0.2, 0) is 12.8 Å². The van der Waals surface area contributed by atoms with E-state index < -0.39 is 10.8 Å². The fraction of sp³-hybridized carbons (Fsp3) is 0.143. The van der Waals surface area contributed by atoms with E-state index in [1.54, 1.807) is 0 Å². The molecule has 27 heavy (non-hydrogen) atoms. The van der Waals surface area contributed by atoms with Crippen molar-refractivity contribution in [3.8, 4) is 0 Å². The monoisotopic (exact) mass is 359 g/mol. The Hall–Kier alpha value is -3.54. The predicted octanol–water partition coefficient (Wildman–Crippen LogP) is 4.00. The van der Waals surface area contributed by atoms with Crippen LogP contribution in [0.25, 0.3) is 10.8 Å². The van der Waals surface area contributed by atoms with E-state index in [1.807, 2.05) is 13.0 Å². The lowest BCUT2D eigenvalue weighted by Crippen LogP contribution is -2.19. The van der Waals surface area contributed by atoms with E-state index in [0.29, 0.717) is 11.3 Å². The van der Waals surface area contributed by atoms with Gasteiger partial charge in [-0.25, -0.2) is 5.43 Å². The van der Waals surface area contributed by atoms with Crippen LogP contribution in [-0.4, -0.2) is 16.5 Å². The van der Waals surface area contributed by atoms with Gasteiger partial charge in [-0.2, -0.15) is 5.10 Å². The molecule has 1 amide bonds. The summed E-state index contributed by atoms with van der Waals surface area (Å²) in [6.07, 6.45) is 2.12. The van der Waals surface area contributed by atoms with Crippen molar-refractivity contribution in [2.75, 3.05) is 0 Å². The minimum atomic E-state index is -0.500. The van der Waals surface area contributed by atoms with Gasteiger partial charge in [0.1, 0.15) is 0 Å². The molecule has 0 heterocycles. The molecule has 1 aliphatic carbocycles. The minimum absolute atomic E-state index is 0.0564. The van der Waals surface area contributed by atoms with Gasteiger partial charge >= 0.3 is 0 Å². The van der Waals surface area contributed by atoms with Crippen molar-refractivity contribution in [2.24, 2.45) is 5.10 Å². The first-order valence-corrected chi connectivity index (χ1v) is 8.67. The number of hydrogen-bond acceptors (Lipinski definition) is 4. The number of nitro groups is 1. The molecule has 3 aromatic rings. The highest BCUT2D eigenvalue weighted by molar-refractivity contribution is 6.11. The van der Waals surface area contributed by atoms with Crippen LogP contribution in [0.3, 0.4) is 0 Å². The average molecular weight is 359 g/mol. The maximum atomic E-state index is 12.3. The molecule has 6 nitrogen and oxygen atoms in total. The molecule has 0 saturated carbocycles. The van der Waals surface area contributed by atoms with Crippen molar-refractivity contribution >= 4 is 28.1 Å². The number of rotatable bonds is 4. The van der Waals surface area contributed by atoms with Crippen LogP contribution in [0.2, 0.25) is 0 Å². The Morgan fingerprint density at radius 3 is 2.44 bits per heavy atom. The molecule has 0 spiro atoms. The van der Waals surface area contributed by atoms with E-state index in [-0.39, 0.29) is 5.69 Å². The second kappa shape index (κ2) is 6.64. The molecule has 6 heteroatoms. The first-order chi connectivity index (χ1) is 13.0. The van der Waals surface area contributed by atoms with E-state index in [4.69, 9.17) is 0 Å². The minimum Gasteiger partial charge on any atom is -0.267 e. The summed E-state index contributed by atoms with van der Waals surface area (Å²) in [5.74, 6) is -0.407. The normalized spacial score (nSPS) is 13.0. The fourth-order valence-corrected chi connectivity index (χ4v) is 3.56. The summed E-state index contributed by atoms with van der Waals surface area (Å²) < 4.78 is 0. The van der Waals surface area contributed by atoms with Gasteiger partial charge in [-0.05, 0) is 53.8 Å². The molecule has 0 fully saturated rings. The van der Waals surface area contributed by atoms with Crippen LogP contribution < -0.4 is 5.43 Å². The zero-order chi connectivity index (χ0) is 19.0. The van der Waals surface area contributed by atoms with Crippen LogP contribution >= 0.6 is 0 Å². The molecular formula is C21H17N3O3. The van der Waals surface area contributed by atoms with Crippen LogP contribution in [0.15, 0.2) is 59.7 Å². The van der Waals surface area contributed by atoms with Gasteiger partial charge in [0.25, 0.3) is 11.6 Å². The van der Waals surface area contributed by atoms with Gasteiger partial charge in [0.2, 0.25) is 0 Å². The smallest absolute Gasteiger partial charge is 0.267 e. The van der Waals surface area contributed by atoms with Gasteiger partial charge in [-0.1, -0.05) is 30.3 Å². The van der Waals surface area contributed by atoms with Crippen LogP contribution in [0.5, 0.6) is 0 Å². The Morgan fingerprint density at radius 2 is 1.74 bits per heavy atom. The van der Waals surface area contributed by atoms with Gasteiger partial charge in [0.15, 0.2) is 0 Å². The van der Waals surface area contributed by atoms with E-state index in [0.717, 1.165) is 23.8 Å². The molecule has 0 aliphatic heterocycles. The number of hydrogen-bond donors (Lipinski definition) is 1. The average Bonchev–Trinajstić information content (AvgIpc) is 3.11. The summed E-state index contributed by atoms with van der Waals surface area (Å²) in [4.78, 5) is 22.5. The first-order valence-electron chi connectivity index (χ1n) is 8.67. The molecule has 3 aromatic carbocycles. The van der Waals surface area contributed by atoms with E-state index >= 15 is 0 Å². The number of nitrogens with one attached hydrogen (secondary N) is 1. The summed E-state index contributed by atoms with van der Waals surface area (Å²) in [5.41, 5.74) is 7.20. The summed E-state index contributed by atoms with van der Waals surface area (Å²) in [5, 5.41) is 17.4. The Labute approximate surface area is 155 Å². The Balaban J connectivity index is 1.59. The molecule has 4 rings (SSSR count). The zero-order valence-electron chi connectivity index (χ0n) is 14.7. The summed E-state index contributed by atoms with van der Waals surface area (Å²) >= 11 is 0. The Bertz CT molecular complexity index is 1090. The third-order valence-corrected chi connectivity index (χ3v) is 4.93. The third-order valence-electron chi connectivity index (χ3n) is 4.93. The molecule has 0 atom stereocenters. The second-order valence-electron chi connectivity index (χ2n) is 6.55. The molecule has 134 valence electrons. The van der Waals surface area contributed by atoms with E-state index in [9.17, 15) is 14.9 Å². The third kappa shape index (κ3) is 3.06. The number of amides is 1. The lowest BCUT2D eigenvalue weighted by atomic mass is 9.98. The molecule has 0 aromatic heterocycles. The lowest BCUT2D eigenvalue weighted by Gasteiger charge is -2.09. The summed E-state index contributed by atoms with van der Waals surface area (Å²) in [6, 6.07) is 15.9. The highest BCUT2D eigenvalue weighted by Gasteiger charge is 2.17. The van der Waals surface area contributed by atoms with Crippen molar-refractivity contribution < 1.29 is 9.72 Å². The molecule has 0 unspecified atom stereocenters. The van der Waals surface area contributed by atoms with Crippen LogP contribution in [0.1, 0.15) is 34.0 Å². The Morgan fingerprint density at radius 1 is 1.04 bits per heavy atom. The van der Waals surface area contributed by atoms with E-state index in [2.05, 4.69) is 34.8 Å². The predicted molar refractivity (Wildman–Crippen MR) is 104 cm³/mol. The van der Waals surface area contributed by atoms with Crippen molar-refractivity contribution in [3.63, 3.8) is 0 Å². The van der Waals surface area contributed by atoms with Gasteiger partial charge in [-0.15, -0.1) is 0 Å². The number of hydrazone groups is 1. The largest absolute Gasteiger partial charge is 0.271 e. The number of nitro benzene ring substituents is 1. The SMILES string of the molecule is C/C(=N/NC(=O)c1ccc([N+](=O)[O-])cc1)c1ccc2c3c(cccc13)CC2. The molecule has 0 radical (unpaired) electrons. The number of carbonyl (C=O) groups excluding carboxylic acids is 1. The van der Waals surface area contributed by atoms with Crippen LogP contribution in [0.4, 0.5) is 5.69 Å². The number of benzene rings is 3. The van der Waals surface area contributed by atoms with Gasteiger partial charge in [0, 0.05) is 23.3 Å². The number of aryl methyl sites for hydroxylation is 2. The van der Waals surface area contributed by atoms with Crippen LogP contribution in [0, 0.1) is 10.1 Å². The van der Waals surface area contributed by atoms with Crippen molar-refractivity contribution in [3.05, 3.63) is 87.0 Å². The first kappa shape index (κ1) is 16.9. The quantitative estimate of drug-likeness (QED) is 0.434. The molecule has 1 N–H and O–H groups in total.